The fourth-order valence-electron chi connectivity index (χ4n) is 3.57. The van der Waals surface area contributed by atoms with Gasteiger partial charge >= 0.3 is 0 Å². The summed E-state index contributed by atoms with van der Waals surface area (Å²) in [6, 6.07) is 16.5. The van der Waals surface area contributed by atoms with Gasteiger partial charge in [-0.3, -0.25) is 9.36 Å². The average molecular weight is 374 g/mol. The van der Waals surface area contributed by atoms with Gasteiger partial charge < -0.3 is 0 Å². The molecule has 0 N–H and O–H groups in total. The Bertz CT molecular complexity index is 1250. The maximum atomic E-state index is 14.0. The highest BCUT2D eigenvalue weighted by molar-refractivity contribution is 7.17. The summed E-state index contributed by atoms with van der Waals surface area (Å²) >= 11 is 1.47. The number of aromatic nitrogens is 2. The van der Waals surface area contributed by atoms with Crippen LogP contribution >= 0.6 is 11.3 Å². The average Bonchev–Trinajstić information content (AvgIpc) is 3.30. The van der Waals surface area contributed by atoms with E-state index in [4.69, 9.17) is 4.98 Å². The van der Waals surface area contributed by atoms with Crippen LogP contribution in [0.1, 0.15) is 17.8 Å². The zero-order valence-electron chi connectivity index (χ0n) is 14.4. The third-order valence-corrected chi connectivity index (χ3v) is 5.78. The molecule has 0 spiro atoms. The number of hydrogen-bond donors (Lipinski definition) is 0. The van der Waals surface area contributed by atoms with E-state index in [0.29, 0.717) is 29.7 Å². The normalized spacial score (nSPS) is 14.8. The van der Waals surface area contributed by atoms with Crippen molar-refractivity contribution in [1.82, 2.24) is 9.55 Å². The van der Waals surface area contributed by atoms with Gasteiger partial charge in [0, 0.05) is 23.1 Å². The molecule has 3 heterocycles. The Balaban J connectivity index is 1.69. The Morgan fingerprint density at radius 1 is 1.07 bits per heavy atom. The van der Waals surface area contributed by atoms with Crippen LogP contribution in [0.25, 0.3) is 33.0 Å². The predicted molar refractivity (Wildman–Crippen MR) is 108 cm³/mol. The second-order valence-corrected chi connectivity index (χ2v) is 7.39. The molecule has 0 atom stereocenters. The number of halogens is 1. The smallest absolute Gasteiger partial charge is 0.263 e. The highest BCUT2D eigenvalue weighted by atomic mass is 32.1. The Kier molecular flexibility index (Phi) is 3.76. The molecule has 0 bridgehead atoms. The second-order valence-electron chi connectivity index (χ2n) is 6.53. The van der Waals surface area contributed by atoms with E-state index in [1.54, 1.807) is 28.8 Å². The molecule has 2 aromatic heterocycles. The predicted octanol–water partition coefficient (Wildman–Crippen LogP) is 5.21. The van der Waals surface area contributed by atoms with Gasteiger partial charge in [0.25, 0.3) is 5.56 Å². The number of allylic oxidation sites excluding steroid dienone is 1. The molecule has 0 unspecified atom stereocenters. The first-order valence-corrected chi connectivity index (χ1v) is 9.63. The van der Waals surface area contributed by atoms with Crippen molar-refractivity contribution in [3.05, 3.63) is 87.5 Å². The maximum Gasteiger partial charge on any atom is 0.263 e. The minimum Gasteiger partial charge on any atom is -0.292 e. The standard InChI is InChI=1S/C22H15FN2OS/c23-18-9-5-4-8-15(18)12-16-10-11-25-20(16)24-21-19(22(25)26)17(13-27-21)14-6-2-1-3-7-14/h1-9,12-13H,10-11H2/b16-12+. The molecule has 0 aliphatic carbocycles. The number of benzene rings is 2. The van der Waals surface area contributed by atoms with E-state index in [-0.39, 0.29) is 11.4 Å². The Hall–Kier alpha value is -3.05. The van der Waals surface area contributed by atoms with Gasteiger partial charge in [0.05, 0.1) is 5.39 Å². The number of rotatable bonds is 2. The van der Waals surface area contributed by atoms with Crippen LogP contribution in [0.2, 0.25) is 0 Å². The van der Waals surface area contributed by atoms with Crippen molar-refractivity contribution in [3.8, 4) is 11.1 Å². The van der Waals surface area contributed by atoms with Crippen molar-refractivity contribution in [2.75, 3.05) is 0 Å². The summed E-state index contributed by atoms with van der Waals surface area (Å²) in [7, 11) is 0. The fourth-order valence-corrected chi connectivity index (χ4v) is 4.51. The van der Waals surface area contributed by atoms with E-state index < -0.39 is 0 Å². The van der Waals surface area contributed by atoms with Gasteiger partial charge in [0.1, 0.15) is 16.5 Å². The number of fused-ring (bicyclic) bond motifs is 2. The first-order chi connectivity index (χ1) is 13.2. The fraction of sp³-hybridized carbons (Fsp3) is 0.0909. The van der Waals surface area contributed by atoms with Crippen LogP contribution < -0.4 is 5.56 Å². The van der Waals surface area contributed by atoms with Crippen LogP contribution in [-0.2, 0) is 6.54 Å². The molecule has 0 saturated heterocycles. The van der Waals surface area contributed by atoms with Crippen molar-refractivity contribution < 1.29 is 4.39 Å². The molecule has 5 rings (SSSR count). The van der Waals surface area contributed by atoms with Crippen molar-refractivity contribution in [3.63, 3.8) is 0 Å². The molecule has 5 heteroatoms. The Labute approximate surface area is 159 Å². The first-order valence-electron chi connectivity index (χ1n) is 8.75. The van der Waals surface area contributed by atoms with Gasteiger partial charge in [-0.15, -0.1) is 11.3 Å². The van der Waals surface area contributed by atoms with Crippen LogP contribution in [0.15, 0.2) is 64.8 Å². The number of thiophene rings is 1. The lowest BCUT2D eigenvalue weighted by Gasteiger charge is -2.05. The quantitative estimate of drug-likeness (QED) is 0.483. The van der Waals surface area contributed by atoms with Gasteiger partial charge in [-0.25, -0.2) is 9.37 Å². The van der Waals surface area contributed by atoms with Crippen molar-refractivity contribution in [1.29, 1.82) is 0 Å². The van der Waals surface area contributed by atoms with Gasteiger partial charge in [-0.05, 0) is 29.7 Å². The molecule has 3 nitrogen and oxygen atoms in total. The zero-order chi connectivity index (χ0) is 18.4. The third kappa shape index (κ3) is 2.62. The summed E-state index contributed by atoms with van der Waals surface area (Å²) in [5.41, 5.74) is 3.34. The maximum absolute atomic E-state index is 14.0. The molecule has 1 aliphatic rings. The topological polar surface area (TPSA) is 34.9 Å². The van der Waals surface area contributed by atoms with Crippen LogP contribution in [0.3, 0.4) is 0 Å². The van der Waals surface area contributed by atoms with Crippen molar-refractivity contribution in [2.24, 2.45) is 0 Å². The molecule has 0 amide bonds. The van der Waals surface area contributed by atoms with E-state index in [1.807, 2.05) is 35.7 Å². The van der Waals surface area contributed by atoms with Crippen LogP contribution in [-0.4, -0.2) is 9.55 Å². The monoisotopic (exact) mass is 374 g/mol. The highest BCUT2D eigenvalue weighted by Gasteiger charge is 2.23. The summed E-state index contributed by atoms with van der Waals surface area (Å²) in [6.45, 7) is 0.571. The molecular formula is C22H15FN2OS. The van der Waals surface area contributed by atoms with E-state index in [2.05, 4.69) is 0 Å². The summed E-state index contributed by atoms with van der Waals surface area (Å²) in [4.78, 5) is 18.7. The van der Waals surface area contributed by atoms with E-state index in [0.717, 1.165) is 21.5 Å². The van der Waals surface area contributed by atoms with Crippen molar-refractivity contribution >= 4 is 33.2 Å². The molecule has 0 saturated carbocycles. The molecule has 132 valence electrons. The largest absolute Gasteiger partial charge is 0.292 e. The van der Waals surface area contributed by atoms with Crippen LogP contribution in [0.4, 0.5) is 4.39 Å². The first kappa shape index (κ1) is 16.1. The summed E-state index contributed by atoms with van der Waals surface area (Å²) in [5, 5.41) is 2.66. The van der Waals surface area contributed by atoms with Gasteiger partial charge in [0.2, 0.25) is 0 Å². The van der Waals surface area contributed by atoms with Crippen LogP contribution in [0.5, 0.6) is 0 Å². The highest BCUT2D eigenvalue weighted by Crippen LogP contribution is 2.34. The molecule has 1 aliphatic heterocycles. The minimum absolute atomic E-state index is 0.0213. The minimum atomic E-state index is -0.269. The molecular weight excluding hydrogens is 359 g/mol. The van der Waals surface area contributed by atoms with Gasteiger partial charge in [0.15, 0.2) is 0 Å². The Morgan fingerprint density at radius 2 is 1.85 bits per heavy atom. The second kappa shape index (κ2) is 6.28. The molecule has 0 radical (unpaired) electrons. The van der Waals surface area contributed by atoms with Crippen LogP contribution in [0, 0.1) is 5.82 Å². The molecule has 0 fully saturated rings. The van der Waals surface area contributed by atoms with E-state index >= 15 is 0 Å². The van der Waals surface area contributed by atoms with E-state index in [1.165, 1.54) is 17.4 Å². The lowest BCUT2D eigenvalue weighted by atomic mass is 10.1. The Morgan fingerprint density at radius 3 is 2.67 bits per heavy atom. The summed E-state index contributed by atoms with van der Waals surface area (Å²) in [5.74, 6) is 0.381. The molecule has 4 aromatic rings. The lowest BCUT2D eigenvalue weighted by molar-refractivity contribution is 0.625. The summed E-state index contributed by atoms with van der Waals surface area (Å²) < 4.78 is 15.7. The SMILES string of the molecule is O=c1c2c(-c3ccccc3)csc2nc2n1CC/C2=C\c1ccccc1F. The third-order valence-electron chi connectivity index (χ3n) is 4.91. The van der Waals surface area contributed by atoms with Gasteiger partial charge in [-0.2, -0.15) is 0 Å². The summed E-state index contributed by atoms with van der Waals surface area (Å²) in [6.07, 6.45) is 2.48. The van der Waals surface area contributed by atoms with Gasteiger partial charge in [-0.1, -0.05) is 48.5 Å². The zero-order valence-corrected chi connectivity index (χ0v) is 15.2. The van der Waals surface area contributed by atoms with Crippen molar-refractivity contribution in [2.45, 2.75) is 13.0 Å². The number of nitrogens with zero attached hydrogens (tertiary/aromatic N) is 2. The lowest BCUT2D eigenvalue weighted by Crippen LogP contribution is -2.20. The molecule has 2 aromatic carbocycles. The number of hydrogen-bond acceptors (Lipinski definition) is 3. The van der Waals surface area contributed by atoms with E-state index in [9.17, 15) is 9.18 Å². The molecule has 27 heavy (non-hydrogen) atoms.